The number of rotatable bonds is 2. The van der Waals surface area contributed by atoms with Crippen molar-refractivity contribution < 1.29 is 4.79 Å². The second kappa shape index (κ2) is 4.76. The minimum atomic E-state index is -0.323. The van der Waals surface area contributed by atoms with Crippen molar-refractivity contribution in [2.45, 2.75) is 0 Å². The van der Waals surface area contributed by atoms with E-state index in [2.05, 4.69) is 10.1 Å². The van der Waals surface area contributed by atoms with E-state index in [0.29, 0.717) is 5.52 Å². The number of carbonyl (C=O) groups excluding carboxylic acids is 1. The van der Waals surface area contributed by atoms with Crippen LogP contribution in [0.25, 0.3) is 5.52 Å². The monoisotopic (exact) mass is 282 g/mol. The summed E-state index contributed by atoms with van der Waals surface area (Å²) in [6.45, 7) is 0. The van der Waals surface area contributed by atoms with Crippen LogP contribution >= 0.6 is 11.6 Å². The van der Waals surface area contributed by atoms with Crippen LogP contribution in [0.1, 0.15) is 21.6 Å². The van der Waals surface area contributed by atoms with Crippen LogP contribution < -0.4 is 0 Å². The standard InChI is InChI=1S/C14H7ClN4O/c15-13-9(7-16)2-1-3-11(13)14(20)12-6-10-8-17-4-5-19(10)18-12/h1-6,8H. The average Bonchev–Trinajstić information content (AvgIpc) is 2.90. The van der Waals surface area contributed by atoms with Crippen LogP contribution in [0.5, 0.6) is 0 Å². The molecule has 3 aromatic rings. The molecule has 0 amide bonds. The molecule has 0 fully saturated rings. The number of nitrogens with zero attached hydrogens (tertiary/aromatic N) is 4. The molecule has 1 aromatic carbocycles. The molecule has 0 unspecified atom stereocenters. The molecule has 5 nitrogen and oxygen atoms in total. The molecule has 96 valence electrons. The Balaban J connectivity index is 2.11. The molecular formula is C14H7ClN4O. The van der Waals surface area contributed by atoms with E-state index in [1.807, 2.05) is 6.07 Å². The Morgan fingerprint density at radius 2 is 2.25 bits per heavy atom. The van der Waals surface area contributed by atoms with Gasteiger partial charge in [-0.1, -0.05) is 17.7 Å². The first-order chi connectivity index (χ1) is 9.70. The van der Waals surface area contributed by atoms with Crippen molar-refractivity contribution in [3.8, 4) is 6.07 Å². The number of nitriles is 1. The summed E-state index contributed by atoms with van der Waals surface area (Å²) in [5, 5.41) is 13.3. The fourth-order valence-electron chi connectivity index (χ4n) is 1.89. The molecule has 0 N–H and O–H groups in total. The molecule has 6 heteroatoms. The predicted molar refractivity (Wildman–Crippen MR) is 72.6 cm³/mol. The lowest BCUT2D eigenvalue weighted by Crippen LogP contribution is -2.04. The number of aromatic nitrogens is 3. The molecule has 3 rings (SSSR count). The normalized spacial score (nSPS) is 10.4. The van der Waals surface area contributed by atoms with Crippen molar-refractivity contribution in [1.29, 1.82) is 5.26 Å². The molecule has 2 aromatic heterocycles. The minimum Gasteiger partial charge on any atom is -0.287 e. The summed E-state index contributed by atoms with van der Waals surface area (Å²) in [5.74, 6) is -0.323. The van der Waals surface area contributed by atoms with Gasteiger partial charge in [0.05, 0.1) is 22.3 Å². The highest BCUT2D eigenvalue weighted by Crippen LogP contribution is 2.23. The molecule has 0 atom stereocenters. The van der Waals surface area contributed by atoms with Gasteiger partial charge in [0.1, 0.15) is 11.8 Å². The third-order valence-corrected chi connectivity index (χ3v) is 3.27. The van der Waals surface area contributed by atoms with Crippen LogP contribution in [0, 0.1) is 11.3 Å². The van der Waals surface area contributed by atoms with Crippen LogP contribution in [0.2, 0.25) is 5.02 Å². The summed E-state index contributed by atoms with van der Waals surface area (Å²) in [7, 11) is 0. The summed E-state index contributed by atoms with van der Waals surface area (Å²) in [4.78, 5) is 16.4. The molecule has 0 saturated carbocycles. The third kappa shape index (κ3) is 1.92. The van der Waals surface area contributed by atoms with E-state index >= 15 is 0 Å². The van der Waals surface area contributed by atoms with Gasteiger partial charge in [-0.05, 0) is 18.2 Å². The highest BCUT2D eigenvalue weighted by Gasteiger charge is 2.18. The van der Waals surface area contributed by atoms with Gasteiger partial charge in [0.2, 0.25) is 5.78 Å². The van der Waals surface area contributed by atoms with Gasteiger partial charge in [0, 0.05) is 18.0 Å². The Bertz CT molecular complexity index is 830. The van der Waals surface area contributed by atoms with Crippen molar-refractivity contribution in [1.82, 2.24) is 14.6 Å². The molecule has 0 saturated heterocycles. The number of benzene rings is 1. The summed E-state index contributed by atoms with van der Waals surface area (Å²) in [6, 6.07) is 8.34. The smallest absolute Gasteiger partial charge is 0.214 e. The number of fused-ring (bicyclic) bond motifs is 1. The molecule has 0 spiro atoms. The summed E-state index contributed by atoms with van der Waals surface area (Å²) in [5.41, 5.74) is 1.50. The van der Waals surface area contributed by atoms with E-state index in [-0.39, 0.29) is 27.6 Å². The summed E-state index contributed by atoms with van der Waals surface area (Å²) < 4.78 is 1.56. The number of hydrogen-bond donors (Lipinski definition) is 0. The minimum absolute atomic E-state index is 0.148. The molecule has 20 heavy (non-hydrogen) atoms. The van der Waals surface area contributed by atoms with Crippen LogP contribution in [0.15, 0.2) is 42.9 Å². The lowest BCUT2D eigenvalue weighted by molar-refractivity contribution is 0.103. The van der Waals surface area contributed by atoms with E-state index < -0.39 is 0 Å². The van der Waals surface area contributed by atoms with Crippen LogP contribution in [0.3, 0.4) is 0 Å². The van der Waals surface area contributed by atoms with Gasteiger partial charge in [0.25, 0.3) is 0 Å². The van der Waals surface area contributed by atoms with E-state index in [1.165, 1.54) is 0 Å². The SMILES string of the molecule is N#Cc1cccc(C(=O)c2cc3cnccn3n2)c1Cl. The third-order valence-electron chi connectivity index (χ3n) is 2.86. The van der Waals surface area contributed by atoms with Gasteiger partial charge in [-0.25, -0.2) is 4.52 Å². The molecule has 0 aliphatic rings. The zero-order chi connectivity index (χ0) is 14.1. The zero-order valence-electron chi connectivity index (χ0n) is 10.1. The highest BCUT2D eigenvalue weighted by atomic mass is 35.5. The van der Waals surface area contributed by atoms with Gasteiger partial charge in [0.15, 0.2) is 0 Å². The highest BCUT2D eigenvalue weighted by molar-refractivity contribution is 6.36. The Kier molecular flexibility index (Phi) is 2.93. The Hall–Kier alpha value is -2.71. The predicted octanol–water partition coefficient (Wildman–Crippen LogP) is 2.49. The van der Waals surface area contributed by atoms with Gasteiger partial charge < -0.3 is 0 Å². The topological polar surface area (TPSA) is 71.0 Å². The lowest BCUT2D eigenvalue weighted by atomic mass is 10.1. The first-order valence-corrected chi connectivity index (χ1v) is 6.11. The maximum absolute atomic E-state index is 12.4. The maximum atomic E-state index is 12.4. The maximum Gasteiger partial charge on any atom is 0.214 e. The summed E-state index contributed by atoms with van der Waals surface area (Å²) in [6.07, 6.45) is 4.84. The lowest BCUT2D eigenvalue weighted by Gasteiger charge is -2.02. The van der Waals surface area contributed by atoms with Crippen molar-refractivity contribution in [3.05, 3.63) is 64.7 Å². The zero-order valence-corrected chi connectivity index (χ0v) is 10.9. The largest absolute Gasteiger partial charge is 0.287 e. The number of carbonyl (C=O) groups is 1. The van der Waals surface area contributed by atoms with Gasteiger partial charge >= 0.3 is 0 Å². The Morgan fingerprint density at radius 1 is 1.40 bits per heavy atom. The first-order valence-electron chi connectivity index (χ1n) is 5.73. The van der Waals surface area contributed by atoms with Crippen LogP contribution in [-0.4, -0.2) is 20.4 Å². The van der Waals surface area contributed by atoms with Crippen molar-refractivity contribution >= 4 is 22.9 Å². The van der Waals surface area contributed by atoms with Gasteiger partial charge in [-0.3, -0.25) is 9.78 Å². The molecule has 0 bridgehead atoms. The fraction of sp³-hybridized carbons (Fsp3) is 0. The molecule has 0 aliphatic carbocycles. The van der Waals surface area contributed by atoms with Gasteiger partial charge in [-0.2, -0.15) is 10.4 Å². The Labute approximate surface area is 119 Å². The molecule has 2 heterocycles. The van der Waals surface area contributed by atoms with Crippen molar-refractivity contribution in [2.24, 2.45) is 0 Å². The fourth-order valence-corrected chi connectivity index (χ4v) is 2.14. The van der Waals surface area contributed by atoms with Crippen molar-refractivity contribution in [3.63, 3.8) is 0 Å². The van der Waals surface area contributed by atoms with E-state index in [4.69, 9.17) is 16.9 Å². The van der Waals surface area contributed by atoms with Crippen LogP contribution in [-0.2, 0) is 0 Å². The first kappa shape index (κ1) is 12.3. The summed E-state index contributed by atoms with van der Waals surface area (Å²) >= 11 is 6.06. The van der Waals surface area contributed by atoms with E-state index in [9.17, 15) is 4.79 Å². The number of halogens is 1. The second-order valence-electron chi connectivity index (χ2n) is 4.08. The number of ketones is 1. The van der Waals surface area contributed by atoms with Gasteiger partial charge in [-0.15, -0.1) is 0 Å². The average molecular weight is 283 g/mol. The Morgan fingerprint density at radius 3 is 3.00 bits per heavy atom. The van der Waals surface area contributed by atoms with E-state index in [1.54, 1.807) is 47.4 Å². The van der Waals surface area contributed by atoms with Crippen LogP contribution in [0.4, 0.5) is 0 Å². The molecule has 0 aliphatic heterocycles. The molecule has 0 radical (unpaired) electrons. The molecular weight excluding hydrogens is 276 g/mol. The van der Waals surface area contributed by atoms with E-state index in [0.717, 1.165) is 0 Å². The van der Waals surface area contributed by atoms with Crippen molar-refractivity contribution in [2.75, 3.05) is 0 Å². The number of hydrogen-bond acceptors (Lipinski definition) is 4. The quantitative estimate of drug-likeness (QED) is 0.677. The second-order valence-corrected chi connectivity index (χ2v) is 4.46.